The van der Waals surface area contributed by atoms with Crippen LogP contribution in [0.2, 0.25) is 0 Å². The number of hydrogen-bond donors (Lipinski definition) is 1. The second kappa shape index (κ2) is 9.67. The first-order valence-electron chi connectivity index (χ1n) is 11.8. The maximum absolute atomic E-state index is 13.1. The Morgan fingerprint density at radius 1 is 1.17 bits per heavy atom. The lowest BCUT2D eigenvalue weighted by Gasteiger charge is -2.36. The van der Waals surface area contributed by atoms with E-state index in [0.717, 1.165) is 41.9 Å². The van der Waals surface area contributed by atoms with Crippen LogP contribution in [0.3, 0.4) is 0 Å². The molecule has 1 atom stereocenters. The van der Waals surface area contributed by atoms with Crippen molar-refractivity contribution >= 4 is 11.7 Å². The van der Waals surface area contributed by atoms with E-state index in [-0.39, 0.29) is 23.6 Å². The summed E-state index contributed by atoms with van der Waals surface area (Å²) >= 11 is 0. The molecule has 0 radical (unpaired) electrons. The number of aromatic nitrogens is 3. The van der Waals surface area contributed by atoms with Crippen molar-refractivity contribution in [3.05, 3.63) is 59.5 Å². The number of methoxy groups -OCH3 is 1. The topological polar surface area (TPSA) is 89.5 Å². The predicted molar refractivity (Wildman–Crippen MR) is 129 cm³/mol. The van der Waals surface area contributed by atoms with Gasteiger partial charge in [0.1, 0.15) is 17.3 Å². The van der Waals surface area contributed by atoms with E-state index in [4.69, 9.17) is 9.72 Å². The van der Waals surface area contributed by atoms with Crippen LogP contribution < -0.4 is 14.8 Å². The number of anilines is 1. The first-order valence-corrected chi connectivity index (χ1v) is 11.8. The summed E-state index contributed by atoms with van der Waals surface area (Å²) in [6.07, 6.45) is 6.02. The van der Waals surface area contributed by atoms with Gasteiger partial charge in [-0.25, -0.2) is 15.0 Å². The molecule has 188 valence electrons. The molecule has 0 saturated carbocycles. The number of hydrogen-bond acceptors (Lipinski definition) is 7. The molecular weight excluding hydrogens is 468 g/mol. The van der Waals surface area contributed by atoms with Crippen molar-refractivity contribution in [1.82, 2.24) is 19.9 Å². The number of alkyl halides is 2. The van der Waals surface area contributed by atoms with Crippen molar-refractivity contribution in [1.29, 1.82) is 0 Å². The van der Waals surface area contributed by atoms with Crippen LogP contribution in [0.25, 0.3) is 11.4 Å². The van der Waals surface area contributed by atoms with Gasteiger partial charge in [0.15, 0.2) is 5.82 Å². The number of nitrogens with one attached hydrogen (secondary N) is 1. The molecule has 2 aliphatic rings. The van der Waals surface area contributed by atoms with Gasteiger partial charge in [0.05, 0.1) is 24.8 Å². The molecule has 2 aromatic heterocycles. The zero-order valence-corrected chi connectivity index (χ0v) is 20.1. The summed E-state index contributed by atoms with van der Waals surface area (Å²) in [5.41, 5.74) is 3.19. The Hall–Kier alpha value is -3.82. The van der Waals surface area contributed by atoms with Crippen LogP contribution in [0.15, 0.2) is 42.7 Å². The zero-order chi connectivity index (χ0) is 25.3. The number of pyridine rings is 1. The Kier molecular flexibility index (Phi) is 6.42. The summed E-state index contributed by atoms with van der Waals surface area (Å²) in [6, 6.07) is 8.38. The van der Waals surface area contributed by atoms with E-state index < -0.39 is 6.61 Å². The SMILES string of the molecule is COc1cc(CC(=O)N2CC[C@@]3(CCc4cc(-c5ncccn5)c(C)nc4N3)C2)cc(OC(F)F)c1. The van der Waals surface area contributed by atoms with Gasteiger partial charge in [0, 0.05) is 37.1 Å². The molecule has 0 bridgehead atoms. The van der Waals surface area contributed by atoms with Crippen LogP contribution in [0.1, 0.15) is 29.7 Å². The van der Waals surface area contributed by atoms with E-state index in [1.54, 1.807) is 24.5 Å². The highest BCUT2D eigenvalue weighted by Gasteiger charge is 2.42. The molecular formula is C26H27F2N5O3. The van der Waals surface area contributed by atoms with Crippen molar-refractivity contribution in [2.24, 2.45) is 0 Å². The van der Waals surface area contributed by atoms with E-state index in [2.05, 4.69) is 26.1 Å². The molecule has 1 saturated heterocycles. The number of carbonyl (C=O) groups excluding carboxylic acids is 1. The summed E-state index contributed by atoms with van der Waals surface area (Å²) in [7, 11) is 1.44. The van der Waals surface area contributed by atoms with Gasteiger partial charge >= 0.3 is 6.61 Å². The molecule has 2 aliphatic heterocycles. The number of ether oxygens (including phenoxy) is 2. The van der Waals surface area contributed by atoms with Gasteiger partial charge in [-0.1, -0.05) is 0 Å². The maximum Gasteiger partial charge on any atom is 0.387 e. The summed E-state index contributed by atoms with van der Waals surface area (Å²) < 4.78 is 35.1. The molecule has 1 fully saturated rings. The highest BCUT2D eigenvalue weighted by Crippen LogP contribution is 2.38. The van der Waals surface area contributed by atoms with E-state index in [9.17, 15) is 13.6 Å². The van der Waals surface area contributed by atoms with Crippen molar-refractivity contribution in [2.75, 3.05) is 25.5 Å². The summed E-state index contributed by atoms with van der Waals surface area (Å²) in [5.74, 6) is 1.76. The summed E-state index contributed by atoms with van der Waals surface area (Å²) in [6.45, 7) is 0.160. The number of amides is 1. The van der Waals surface area contributed by atoms with Gasteiger partial charge in [0.2, 0.25) is 5.91 Å². The number of carbonyl (C=O) groups is 1. The molecule has 3 aromatic rings. The summed E-state index contributed by atoms with van der Waals surface area (Å²) in [5, 5.41) is 3.62. The van der Waals surface area contributed by atoms with Crippen LogP contribution in [-0.2, 0) is 17.6 Å². The number of rotatable bonds is 6. The standard InChI is InChI=1S/C26H27F2N5O3/c1-16-21(24-29-7-3-8-30-24)13-18-4-5-26(32-23(18)31-16)6-9-33(15-26)22(34)12-17-10-19(35-2)14-20(11-17)36-25(27)28/h3,7-8,10-11,13-14,25H,4-6,9,12,15H2,1-2H3,(H,31,32)/t26-/m0/s1. The molecule has 36 heavy (non-hydrogen) atoms. The third kappa shape index (κ3) is 4.93. The molecule has 1 amide bonds. The molecule has 4 heterocycles. The zero-order valence-electron chi connectivity index (χ0n) is 20.1. The predicted octanol–water partition coefficient (Wildman–Crippen LogP) is 4.03. The minimum absolute atomic E-state index is 0.0303. The van der Waals surface area contributed by atoms with Gasteiger partial charge in [-0.2, -0.15) is 8.78 Å². The fourth-order valence-electron chi connectivity index (χ4n) is 5.00. The number of aryl methyl sites for hydroxylation is 2. The van der Waals surface area contributed by atoms with Crippen molar-refractivity contribution in [3.63, 3.8) is 0 Å². The monoisotopic (exact) mass is 495 g/mol. The van der Waals surface area contributed by atoms with Crippen molar-refractivity contribution in [3.8, 4) is 22.9 Å². The Bertz CT molecular complexity index is 1270. The van der Waals surface area contributed by atoms with Gasteiger partial charge in [-0.15, -0.1) is 0 Å². The van der Waals surface area contributed by atoms with Crippen molar-refractivity contribution in [2.45, 2.75) is 44.8 Å². The lowest BCUT2D eigenvalue weighted by Crippen LogP contribution is -2.45. The normalized spacial score (nSPS) is 18.8. The van der Waals surface area contributed by atoms with Gasteiger partial charge < -0.3 is 19.7 Å². The first kappa shape index (κ1) is 23.9. The van der Waals surface area contributed by atoms with Crippen LogP contribution in [-0.4, -0.2) is 58.1 Å². The number of fused-ring (bicyclic) bond motifs is 1. The second-order valence-electron chi connectivity index (χ2n) is 9.24. The molecule has 1 N–H and O–H groups in total. The fourth-order valence-corrected chi connectivity index (χ4v) is 5.00. The smallest absolute Gasteiger partial charge is 0.387 e. The number of likely N-dealkylation sites (tertiary alicyclic amines) is 1. The van der Waals surface area contributed by atoms with E-state index >= 15 is 0 Å². The number of benzene rings is 1. The molecule has 0 unspecified atom stereocenters. The Morgan fingerprint density at radius 2 is 1.94 bits per heavy atom. The number of nitrogens with zero attached hydrogens (tertiary/aromatic N) is 4. The highest BCUT2D eigenvalue weighted by molar-refractivity contribution is 5.80. The molecule has 1 aromatic carbocycles. The van der Waals surface area contributed by atoms with Gasteiger partial charge in [-0.3, -0.25) is 4.79 Å². The van der Waals surface area contributed by atoms with Gasteiger partial charge in [0.25, 0.3) is 0 Å². The maximum atomic E-state index is 13.1. The minimum Gasteiger partial charge on any atom is -0.497 e. The van der Waals surface area contributed by atoms with Crippen LogP contribution in [0.5, 0.6) is 11.5 Å². The second-order valence-corrected chi connectivity index (χ2v) is 9.24. The third-order valence-electron chi connectivity index (χ3n) is 6.82. The van der Waals surface area contributed by atoms with E-state index in [1.165, 1.54) is 19.2 Å². The molecule has 8 nitrogen and oxygen atoms in total. The quantitative estimate of drug-likeness (QED) is 0.552. The van der Waals surface area contributed by atoms with Crippen LogP contribution in [0, 0.1) is 6.92 Å². The summed E-state index contributed by atoms with van der Waals surface area (Å²) in [4.78, 5) is 28.5. The largest absolute Gasteiger partial charge is 0.497 e. The van der Waals surface area contributed by atoms with E-state index in [1.807, 2.05) is 11.8 Å². The molecule has 0 aliphatic carbocycles. The first-order chi connectivity index (χ1) is 17.3. The molecule has 5 rings (SSSR count). The number of halogens is 2. The molecule has 1 spiro atoms. The van der Waals surface area contributed by atoms with E-state index in [0.29, 0.717) is 30.2 Å². The Balaban J connectivity index is 1.28. The Morgan fingerprint density at radius 3 is 2.69 bits per heavy atom. The van der Waals surface area contributed by atoms with Gasteiger partial charge in [-0.05, 0) is 61.6 Å². The fraction of sp³-hybridized carbons (Fsp3) is 0.385. The van der Waals surface area contributed by atoms with Crippen molar-refractivity contribution < 1.29 is 23.0 Å². The third-order valence-corrected chi connectivity index (χ3v) is 6.82. The average Bonchev–Trinajstić information content (AvgIpc) is 3.27. The lowest BCUT2D eigenvalue weighted by molar-refractivity contribution is -0.129. The van der Waals surface area contributed by atoms with Crippen LogP contribution >= 0.6 is 0 Å². The highest BCUT2D eigenvalue weighted by atomic mass is 19.3. The Labute approximate surface area is 207 Å². The molecule has 10 heteroatoms. The minimum atomic E-state index is -2.95. The lowest BCUT2D eigenvalue weighted by atomic mass is 9.86. The average molecular weight is 496 g/mol. The van der Waals surface area contributed by atoms with Crippen LogP contribution in [0.4, 0.5) is 14.6 Å².